The largest absolute Gasteiger partial charge is 0.440 e. The number of amides is 1. The predicted molar refractivity (Wildman–Crippen MR) is 64.6 cm³/mol. The van der Waals surface area contributed by atoms with E-state index in [0.717, 1.165) is 0 Å². The average Bonchev–Trinajstić information content (AvgIpc) is 2.76. The highest BCUT2D eigenvalue weighted by atomic mass is 16.3. The summed E-state index contributed by atoms with van der Waals surface area (Å²) in [5, 5.41) is 3.76. The second-order valence-corrected chi connectivity index (χ2v) is 3.31. The van der Waals surface area contributed by atoms with E-state index in [4.69, 9.17) is 10.2 Å². The lowest BCUT2D eigenvalue weighted by atomic mass is 10.2. The number of furan rings is 1. The van der Waals surface area contributed by atoms with Crippen LogP contribution in [0.4, 0.5) is 5.88 Å². The van der Waals surface area contributed by atoms with Gasteiger partial charge in [-0.25, -0.2) is 5.43 Å². The lowest BCUT2D eigenvalue weighted by Gasteiger charge is -1.97. The quantitative estimate of drug-likeness (QED) is 0.620. The number of anilines is 1. The summed E-state index contributed by atoms with van der Waals surface area (Å²) < 4.78 is 5.05. The zero-order valence-corrected chi connectivity index (χ0v) is 8.96. The van der Waals surface area contributed by atoms with Crippen LogP contribution in [-0.2, 0) is 0 Å². The van der Waals surface area contributed by atoms with Crippen LogP contribution in [0.5, 0.6) is 0 Å². The number of nitrogen functional groups attached to an aromatic ring is 1. The van der Waals surface area contributed by atoms with E-state index in [-0.39, 0.29) is 5.91 Å². The Hall–Kier alpha value is -2.56. The summed E-state index contributed by atoms with van der Waals surface area (Å²) in [6, 6.07) is 12.1. The van der Waals surface area contributed by atoms with Crippen LogP contribution in [0.2, 0.25) is 0 Å². The van der Waals surface area contributed by atoms with Crippen LogP contribution in [0.1, 0.15) is 16.1 Å². The van der Waals surface area contributed by atoms with Crippen LogP contribution in [0.15, 0.2) is 52.0 Å². The number of hydrogen-bond donors (Lipinski definition) is 2. The van der Waals surface area contributed by atoms with Gasteiger partial charge in [0.1, 0.15) is 5.76 Å². The SMILES string of the molecule is Nc1ccc(/C=N/NC(=O)c2ccccc2)o1. The minimum atomic E-state index is -0.277. The number of nitrogens with one attached hydrogen (secondary N) is 1. The Kier molecular flexibility index (Phi) is 3.20. The normalized spacial score (nSPS) is 10.6. The van der Waals surface area contributed by atoms with Crippen molar-refractivity contribution >= 4 is 18.0 Å². The van der Waals surface area contributed by atoms with E-state index in [0.29, 0.717) is 17.2 Å². The third kappa shape index (κ3) is 2.94. The second-order valence-electron chi connectivity index (χ2n) is 3.31. The number of hydrogen-bond acceptors (Lipinski definition) is 4. The summed E-state index contributed by atoms with van der Waals surface area (Å²) in [5.74, 6) is 0.512. The molecule has 0 saturated heterocycles. The first-order valence-corrected chi connectivity index (χ1v) is 4.99. The van der Waals surface area contributed by atoms with Crippen molar-refractivity contribution in [2.75, 3.05) is 5.73 Å². The van der Waals surface area contributed by atoms with Crippen LogP contribution >= 0.6 is 0 Å². The first-order valence-electron chi connectivity index (χ1n) is 4.99. The average molecular weight is 229 g/mol. The first kappa shape index (κ1) is 10.9. The Labute approximate surface area is 97.9 Å². The van der Waals surface area contributed by atoms with Crippen LogP contribution in [0.25, 0.3) is 0 Å². The van der Waals surface area contributed by atoms with Gasteiger partial charge in [0.25, 0.3) is 5.91 Å². The van der Waals surface area contributed by atoms with Crippen LogP contribution in [-0.4, -0.2) is 12.1 Å². The fourth-order valence-electron chi connectivity index (χ4n) is 1.25. The van der Waals surface area contributed by atoms with Crippen molar-refractivity contribution in [3.8, 4) is 0 Å². The highest BCUT2D eigenvalue weighted by Gasteiger charge is 2.01. The van der Waals surface area contributed by atoms with E-state index in [1.807, 2.05) is 6.07 Å². The molecule has 0 unspecified atom stereocenters. The summed E-state index contributed by atoms with van der Waals surface area (Å²) in [6.45, 7) is 0. The van der Waals surface area contributed by atoms with Crippen molar-refractivity contribution in [2.45, 2.75) is 0 Å². The molecule has 3 N–H and O–H groups in total. The fraction of sp³-hybridized carbons (Fsp3) is 0. The van der Waals surface area contributed by atoms with E-state index in [1.54, 1.807) is 36.4 Å². The number of carbonyl (C=O) groups excluding carboxylic acids is 1. The zero-order chi connectivity index (χ0) is 12.1. The molecule has 1 heterocycles. The maximum Gasteiger partial charge on any atom is 0.271 e. The first-order chi connectivity index (χ1) is 8.25. The molecule has 1 amide bonds. The number of hydrazone groups is 1. The van der Waals surface area contributed by atoms with Gasteiger partial charge >= 0.3 is 0 Å². The molecule has 0 aliphatic rings. The van der Waals surface area contributed by atoms with Gasteiger partial charge in [-0.15, -0.1) is 0 Å². The van der Waals surface area contributed by atoms with E-state index in [1.165, 1.54) is 6.21 Å². The molecule has 1 aromatic carbocycles. The van der Waals surface area contributed by atoms with E-state index >= 15 is 0 Å². The van der Waals surface area contributed by atoms with Gasteiger partial charge in [0, 0.05) is 11.6 Å². The number of carbonyl (C=O) groups is 1. The maximum absolute atomic E-state index is 11.6. The molecule has 0 aliphatic carbocycles. The molecule has 0 saturated carbocycles. The molecular weight excluding hydrogens is 218 g/mol. The lowest BCUT2D eigenvalue weighted by Crippen LogP contribution is -2.17. The molecule has 2 rings (SSSR count). The number of rotatable bonds is 3. The van der Waals surface area contributed by atoms with Gasteiger partial charge in [-0.1, -0.05) is 18.2 Å². The smallest absolute Gasteiger partial charge is 0.271 e. The minimum Gasteiger partial charge on any atom is -0.440 e. The summed E-state index contributed by atoms with van der Waals surface area (Å²) in [5.41, 5.74) is 8.32. The highest BCUT2D eigenvalue weighted by Crippen LogP contribution is 2.06. The van der Waals surface area contributed by atoms with Crippen molar-refractivity contribution in [2.24, 2.45) is 5.10 Å². The Morgan fingerprint density at radius 1 is 1.24 bits per heavy atom. The van der Waals surface area contributed by atoms with Gasteiger partial charge < -0.3 is 10.2 Å². The molecule has 1 aromatic heterocycles. The van der Waals surface area contributed by atoms with Crippen molar-refractivity contribution in [3.63, 3.8) is 0 Å². The van der Waals surface area contributed by atoms with Crippen LogP contribution in [0, 0.1) is 0 Å². The Morgan fingerprint density at radius 3 is 2.65 bits per heavy atom. The second kappa shape index (κ2) is 4.98. The maximum atomic E-state index is 11.6. The van der Waals surface area contributed by atoms with Gasteiger partial charge in [-0.05, 0) is 18.2 Å². The molecule has 2 aromatic rings. The lowest BCUT2D eigenvalue weighted by molar-refractivity contribution is 0.0955. The summed E-state index contributed by atoms with van der Waals surface area (Å²) >= 11 is 0. The van der Waals surface area contributed by atoms with E-state index < -0.39 is 0 Å². The highest BCUT2D eigenvalue weighted by molar-refractivity contribution is 5.94. The number of nitrogens with two attached hydrogens (primary N) is 1. The molecule has 0 aliphatic heterocycles. The molecule has 5 heteroatoms. The Balaban J connectivity index is 1.95. The van der Waals surface area contributed by atoms with Gasteiger partial charge in [0.2, 0.25) is 0 Å². The summed E-state index contributed by atoms with van der Waals surface area (Å²) in [4.78, 5) is 11.6. The Morgan fingerprint density at radius 2 is 2.00 bits per heavy atom. The third-order valence-corrected chi connectivity index (χ3v) is 2.04. The molecule has 0 atom stereocenters. The van der Waals surface area contributed by atoms with E-state index in [9.17, 15) is 4.79 Å². The predicted octanol–water partition coefficient (Wildman–Crippen LogP) is 1.63. The number of nitrogens with zero attached hydrogens (tertiary/aromatic N) is 1. The van der Waals surface area contributed by atoms with Crippen LogP contribution in [0.3, 0.4) is 0 Å². The van der Waals surface area contributed by atoms with E-state index in [2.05, 4.69) is 10.5 Å². The molecule has 5 nitrogen and oxygen atoms in total. The Bertz CT molecular complexity index is 532. The van der Waals surface area contributed by atoms with Gasteiger partial charge in [0.15, 0.2) is 5.88 Å². The number of benzene rings is 1. The standard InChI is InChI=1S/C12H11N3O2/c13-11-7-6-10(17-11)8-14-15-12(16)9-4-2-1-3-5-9/h1-8H,13H2,(H,15,16)/b14-8+. The van der Waals surface area contributed by atoms with Crippen molar-refractivity contribution < 1.29 is 9.21 Å². The van der Waals surface area contributed by atoms with Crippen LogP contribution < -0.4 is 11.2 Å². The molecule has 17 heavy (non-hydrogen) atoms. The van der Waals surface area contributed by atoms with Gasteiger partial charge in [0.05, 0.1) is 6.21 Å². The molecule has 0 fully saturated rings. The van der Waals surface area contributed by atoms with Gasteiger partial charge in [-0.2, -0.15) is 5.10 Å². The van der Waals surface area contributed by atoms with Gasteiger partial charge in [-0.3, -0.25) is 4.79 Å². The van der Waals surface area contributed by atoms with Crippen molar-refractivity contribution in [1.82, 2.24) is 5.43 Å². The topological polar surface area (TPSA) is 80.6 Å². The molecule has 0 bridgehead atoms. The monoisotopic (exact) mass is 229 g/mol. The third-order valence-electron chi connectivity index (χ3n) is 2.04. The molecule has 0 spiro atoms. The molecule has 0 radical (unpaired) electrons. The summed E-state index contributed by atoms with van der Waals surface area (Å²) in [6.07, 6.45) is 1.39. The fourth-order valence-corrected chi connectivity index (χ4v) is 1.25. The van der Waals surface area contributed by atoms with Crippen molar-refractivity contribution in [1.29, 1.82) is 0 Å². The summed E-state index contributed by atoms with van der Waals surface area (Å²) in [7, 11) is 0. The molecular formula is C12H11N3O2. The molecule has 86 valence electrons. The minimum absolute atomic E-state index is 0.277. The zero-order valence-electron chi connectivity index (χ0n) is 8.96. The van der Waals surface area contributed by atoms with Crippen molar-refractivity contribution in [3.05, 3.63) is 53.8 Å².